The van der Waals surface area contributed by atoms with Crippen LogP contribution in [0.1, 0.15) is 59.8 Å². The fourth-order valence-corrected chi connectivity index (χ4v) is 4.46. The van der Waals surface area contributed by atoms with Crippen LogP contribution in [0.2, 0.25) is 0 Å². The monoisotopic (exact) mass is 180 g/mol. The van der Waals surface area contributed by atoms with Crippen molar-refractivity contribution in [3.8, 4) is 0 Å². The van der Waals surface area contributed by atoms with E-state index in [0.29, 0.717) is 10.8 Å². The van der Waals surface area contributed by atoms with Crippen molar-refractivity contribution in [2.45, 2.75) is 59.8 Å². The summed E-state index contributed by atoms with van der Waals surface area (Å²) in [6, 6.07) is 0. The van der Waals surface area contributed by atoms with Gasteiger partial charge in [0.15, 0.2) is 0 Å². The molecule has 76 valence electrons. The normalized spacial score (nSPS) is 48.9. The highest BCUT2D eigenvalue weighted by Crippen LogP contribution is 2.64. The van der Waals surface area contributed by atoms with Crippen LogP contribution in [0.4, 0.5) is 0 Å². The maximum Gasteiger partial charge on any atom is -0.0218 e. The van der Waals surface area contributed by atoms with E-state index in [1.807, 2.05) is 0 Å². The van der Waals surface area contributed by atoms with Crippen molar-refractivity contribution >= 4 is 0 Å². The average molecular weight is 180 g/mol. The average Bonchev–Trinajstić information content (AvgIpc) is 2.40. The van der Waals surface area contributed by atoms with E-state index >= 15 is 0 Å². The van der Waals surface area contributed by atoms with Gasteiger partial charge in [-0.25, -0.2) is 0 Å². The molecule has 3 atom stereocenters. The fraction of sp³-hybridized carbons (Fsp3) is 1.00. The standard InChI is InChI=1S/C13H24/c1-10-8-11(2)13(9-10)7-5-6-12(13,3)4/h10-11H,5-9H2,1-4H3. The Morgan fingerprint density at radius 1 is 1.08 bits per heavy atom. The molecule has 3 unspecified atom stereocenters. The second-order valence-corrected chi connectivity index (χ2v) is 6.34. The first kappa shape index (κ1) is 9.55. The maximum absolute atomic E-state index is 2.51. The summed E-state index contributed by atoms with van der Waals surface area (Å²) in [6.45, 7) is 9.96. The van der Waals surface area contributed by atoms with Crippen molar-refractivity contribution in [1.29, 1.82) is 0 Å². The molecule has 0 aromatic rings. The Bertz CT molecular complexity index is 204. The molecule has 0 aromatic heterocycles. The van der Waals surface area contributed by atoms with Gasteiger partial charge in [0.25, 0.3) is 0 Å². The van der Waals surface area contributed by atoms with Crippen molar-refractivity contribution in [3.05, 3.63) is 0 Å². The van der Waals surface area contributed by atoms with Gasteiger partial charge in [-0.05, 0) is 48.3 Å². The summed E-state index contributed by atoms with van der Waals surface area (Å²) in [5.41, 5.74) is 1.34. The molecule has 0 aromatic carbocycles. The molecule has 2 fully saturated rings. The highest BCUT2D eigenvalue weighted by molar-refractivity contribution is 5.04. The number of hydrogen-bond acceptors (Lipinski definition) is 0. The van der Waals surface area contributed by atoms with Gasteiger partial charge in [-0.15, -0.1) is 0 Å². The first-order valence-electron chi connectivity index (χ1n) is 5.98. The van der Waals surface area contributed by atoms with Gasteiger partial charge in [0.05, 0.1) is 0 Å². The molecule has 0 nitrogen and oxygen atoms in total. The molecule has 13 heavy (non-hydrogen) atoms. The van der Waals surface area contributed by atoms with Crippen molar-refractivity contribution in [3.63, 3.8) is 0 Å². The van der Waals surface area contributed by atoms with Crippen molar-refractivity contribution in [2.75, 3.05) is 0 Å². The van der Waals surface area contributed by atoms with E-state index in [2.05, 4.69) is 27.7 Å². The van der Waals surface area contributed by atoms with Crippen LogP contribution in [0, 0.1) is 22.7 Å². The molecule has 0 aliphatic heterocycles. The van der Waals surface area contributed by atoms with Gasteiger partial charge in [0, 0.05) is 0 Å². The second-order valence-electron chi connectivity index (χ2n) is 6.34. The van der Waals surface area contributed by atoms with E-state index in [9.17, 15) is 0 Å². The zero-order chi connectivity index (χ0) is 9.69. The predicted octanol–water partition coefficient (Wildman–Crippen LogP) is 4.25. The lowest BCUT2D eigenvalue weighted by Crippen LogP contribution is -2.35. The molecular weight excluding hydrogens is 156 g/mol. The Hall–Kier alpha value is 0. The van der Waals surface area contributed by atoms with Crippen LogP contribution >= 0.6 is 0 Å². The largest absolute Gasteiger partial charge is 0.0625 e. The first-order chi connectivity index (χ1) is 5.98. The van der Waals surface area contributed by atoms with Gasteiger partial charge >= 0.3 is 0 Å². The van der Waals surface area contributed by atoms with Crippen molar-refractivity contribution in [1.82, 2.24) is 0 Å². The SMILES string of the molecule is CC1CC(C)C2(CCCC2(C)C)C1. The van der Waals surface area contributed by atoms with Crippen LogP contribution in [0.15, 0.2) is 0 Å². The van der Waals surface area contributed by atoms with Crippen molar-refractivity contribution in [2.24, 2.45) is 22.7 Å². The van der Waals surface area contributed by atoms with E-state index in [-0.39, 0.29) is 0 Å². The third-order valence-electron chi connectivity index (χ3n) is 5.18. The first-order valence-corrected chi connectivity index (χ1v) is 5.98. The summed E-state index contributed by atoms with van der Waals surface area (Å²) in [4.78, 5) is 0. The van der Waals surface area contributed by atoms with Crippen LogP contribution in [0.3, 0.4) is 0 Å². The molecule has 0 bridgehead atoms. The Morgan fingerprint density at radius 2 is 1.77 bits per heavy atom. The lowest BCUT2D eigenvalue weighted by Gasteiger charge is -2.42. The minimum Gasteiger partial charge on any atom is -0.0625 e. The summed E-state index contributed by atoms with van der Waals surface area (Å²) < 4.78 is 0. The van der Waals surface area contributed by atoms with Gasteiger partial charge in [0.1, 0.15) is 0 Å². The lowest BCUT2D eigenvalue weighted by atomic mass is 9.62. The van der Waals surface area contributed by atoms with Gasteiger partial charge in [-0.3, -0.25) is 0 Å². The van der Waals surface area contributed by atoms with Gasteiger partial charge in [0.2, 0.25) is 0 Å². The smallest absolute Gasteiger partial charge is 0.0218 e. The van der Waals surface area contributed by atoms with E-state index < -0.39 is 0 Å². The quantitative estimate of drug-likeness (QED) is 0.523. The Labute approximate surface area is 83.1 Å². The maximum atomic E-state index is 2.51. The van der Waals surface area contributed by atoms with Gasteiger partial charge in [-0.2, -0.15) is 0 Å². The number of hydrogen-bond donors (Lipinski definition) is 0. The van der Waals surface area contributed by atoms with Crippen LogP contribution in [-0.2, 0) is 0 Å². The van der Waals surface area contributed by atoms with E-state index in [4.69, 9.17) is 0 Å². The van der Waals surface area contributed by atoms with Gasteiger partial charge < -0.3 is 0 Å². The number of rotatable bonds is 0. The van der Waals surface area contributed by atoms with Crippen LogP contribution in [-0.4, -0.2) is 0 Å². The Kier molecular flexibility index (Phi) is 2.02. The molecule has 0 heteroatoms. The second kappa shape index (κ2) is 2.74. The zero-order valence-corrected chi connectivity index (χ0v) is 9.69. The summed E-state index contributed by atoms with van der Waals surface area (Å²) in [6.07, 6.45) is 7.42. The van der Waals surface area contributed by atoms with Crippen molar-refractivity contribution < 1.29 is 0 Å². The topological polar surface area (TPSA) is 0 Å². The van der Waals surface area contributed by atoms with Gasteiger partial charge in [-0.1, -0.05) is 34.1 Å². The molecule has 2 rings (SSSR count). The summed E-state index contributed by atoms with van der Waals surface area (Å²) >= 11 is 0. The molecule has 2 aliphatic carbocycles. The van der Waals surface area contributed by atoms with Crippen LogP contribution in [0.5, 0.6) is 0 Å². The van der Waals surface area contributed by atoms with Crippen LogP contribution < -0.4 is 0 Å². The van der Waals surface area contributed by atoms with Crippen LogP contribution in [0.25, 0.3) is 0 Å². The molecule has 0 saturated heterocycles. The Balaban J connectivity index is 2.29. The minimum absolute atomic E-state index is 0.622. The third-order valence-corrected chi connectivity index (χ3v) is 5.18. The Morgan fingerprint density at radius 3 is 2.15 bits per heavy atom. The highest BCUT2D eigenvalue weighted by atomic mass is 14.6. The third kappa shape index (κ3) is 1.17. The van der Waals surface area contributed by atoms with E-state index in [1.54, 1.807) is 0 Å². The molecule has 0 heterocycles. The molecule has 0 radical (unpaired) electrons. The molecule has 0 N–H and O–H groups in total. The summed E-state index contributed by atoms with van der Waals surface area (Å²) in [5, 5.41) is 0. The fourth-order valence-electron chi connectivity index (χ4n) is 4.46. The summed E-state index contributed by atoms with van der Waals surface area (Å²) in [7, 11) is 0. The predicted molar refractivity (Wildman–Crippen MR) is 57.6 cm³/mol. The zero-order valence-electron chi connectivity index (χ0n) is 9.69. The van der Waals surface area contributed by atoms with E-state index in [0.717, 1.165) is 11.8 Å². The molecular formula is C13H24. The molecule has 0 amide bonds. The molecule has 1 spiro atoms. The van der Waals surface area contributed by atoms with E-state index in [1.165, 1.54) is 32.1 Å². The lowest BCUT2D eigenvalue weighted by molar-refractivity contribution is 0.0665. The molecule has 2 aliphatic rings. The minimum atomic E-state index is 0.622. The molecule has 2 saturated carbocycles. The highest BCUT2D eigenvalue weighted by Gasteiger charge is 2.55. The summed E-state index contributed by atoms with van der Waals surface area (Å²) in [5.74, 6) is 1.95.